The summed E-state index contributed by atoms with van der Waals surface area (Å²) in [5.74, 6) is 0.766. The zero-order chi connectivity index (χ0) is 12.7. The fourth-order valence-electron chi connectivity index (χ4n) is 2.17. The number of hydrogen-bond acceptors (Lipinski definition) is 2. The first-order chi connectivity index (χ1) is 8.65. The highest BCUT2D eigenvalue weighted by atomic mass is 35.5. The second-order valence-corrected chi connectivity index (χ2v) is 5.71. The molecule has 1 N–H and O–H groups in total. The molecule has 0 bridgehead atoms. The van der Waals surface area contributed by atoms with E-state index in [2.05, 4.69) is 0 Å². The molecule has 1 aromatic carbocycles. The van der Waals surface area contributed by atoms with Crippen LogP contribution in [0, 0.1) is 5.92 Å². The normalized spacial score (nSPS) is 18.7. The van der Waals surface area contributed by atoms with E-state index in [0.717, 1.165) is 19.4 Å². The third kappa shape index (κ3) is 2.46. The number of rotatable bonds is 4. The van der Waals surface area contributed by atoms with Crippen LogP contribution < -0.4 is 0 Å². The van der Waals surface area contributed by atoms with Crippen molar-refractivity contribution in [2.45, 2.75) is 31.7 Å². The lowest BCUT2D eigenvalue weighted by Crippen LogP contribution is -2.34. The maximum atomic E-state index is 12.4. The number of amides is 1. The molecular weight excluding hydrogens is 250 g/mol. The third-order valence-corrected chi connectivity index (χ3v) is 3.90. The standard InChI is InChI=1S/C14H16ClNO2/c15-12-7-10(3-6-13(12)17)14(18)16(11-4-5-11)8-9-1-2-9/h3,6-7,9,11,17H,1-2,4-5,8H2. The lowest BCUT2D eigenvalue weighted by molar-refractivity contribution is 0.0735. The predicted molar refractivity (Wildman–Crippen MR) is 69.9 cm³/mol. The van der Waals surface area contributed by atoms with Crippen molar-refractivity contribution >= 4 is 17.5 Å². The summed E-state index contributed by atoms with van der Waals surface area (Å²) in [6, 6.07) is 5.11. The summed E-state index contributed by atoms with van der Waals surface area (Å²) in [5.41, 5.74) is 0.574. The van der Waals surface area contributed by atoms with Gasteiger partial charge in [-0.1, -0.05) is 11.6 Å². The fraction of sp³-hybridized carbons (Fsp3) is 0.500. The highest BCUT2D eigenvalue weighted by Crippen LogP contribution is 2.36. The summed E-state index contributed by atoms with van der Waals surface area (Å²) in [4.78, 5) is 14.4. The van der Waals surface area contributed by atoms with Crippen LogP contribution in [-0.2, 0) is 0 Å². The van der Waals surface area contributed by atoms with Crippen LogP contribution in [0.3, 0.4) is 0 Å². The van der Waals surface area contributed by atoms with Crippen molar-refractivity contribution in [2.75, 3.05) is 6.54 Å². The van der Waals surface area contributed by atoms with Crippen molar-refractivity contribution in [1.29, 1.82) is 0 Å². The van der Waals surface area contributed by atoms with Gasteiger partial charge in [0.25, 0.3) is 5.91 Å². The van der Waals surface area contributed by atoms with Gasteiger partial charge in [-0.15, -0.1) is 0 Å². The van der Waals surface area contributed by atoms with Crippen molar-refractivity contribution in [3.8, 4) is 5.75 Å². The molecule has 0 aromatic heterocycles. The Bertz CT molecular complexity index is 481. The Morgan fingerprint density at radius 2 is 2.06 bits per heavy atom. The molecule has 2 aliphatic carbocycles. The van der Waals surface area contributed by atoms with Gasteiger partial charge in [0.1, 0.15) is 5.75 Å². The molecule has 0 radical (unpaired) electrons. The molecule has 0 saturated heterocycles. The Morgan fingerprint density at radius 1 is 1.33 bits per heavy atom. The Morgan fingerprint density at radius 3 is 2.61 bits per heavy atom. The summed E-state index contributed by atoms with van der Waals surface area (Å²) >= 11 is 5.86. The van der Waals surface area contributed by atoms with Gasteiger partial charge in [0.05, 0.1) is 5.02 Å². The maximum Gasteiger partial charge on any atom is 0.254 e. The van der Waals surface area contributed by atoms with Gasteiger partial charge in [-0.2, -0.15) is 0 Å². The summed E-state index contributed by atoms with van der Waals surface area (Å²) < 4.78 is 0. The fourth-order valence-corrected chi connectivity index (χ4v) is 2.35. The largest absolute Gasteiger partial charge is 0.506 e. The minimum absolute atomic E-state index is 0.0216. The molecule has 3 rings (SSSR count). The minimum atomic E-state index is 0.0216. The zero-order valence-corrected chi connectivity index (χ0v) is 10.9. The molecule has 0 aliphatic heterocycles. The van der Waals surface area contributed by atoms with Gasteiger partial charge in [0.15, 0.2) is 0 Å². The average molecular weight is 266 g/mol. The predicted octanol–water partition coefficient (Wildman–Crippen LogP) is 3.06. The van der Waals surface area contributed by atoms with Crippen LogP contribution in [0.25, 0.3) is 0 Å². The summed E-state index contributed by atoms with van der Waals surface area (Å²) in [6.07, 6.45) is 4.72. The van der Waals surface area contributed by atoms with E-state index in [1.807, 2.05) is 4.90 Å². The van der Waals surface area contributed by atoms with E-state index in [-0.39, 0.29) is 16.7 Å². The van der Waals surface area contributed by atoms with Crippen LogP contribution in [-0.4, -0.2) is 28.5 Å². The van der Waals surface area contributed by atoms with Gasteiger partial charge in [-0.05, 0) is 49.8 Å². The second kappa shape index (κ2) is 4.47. The number of aromatic hydroxyl groups is 1. The van der Waals surface area contributed by atoms with E-state index in [1.165, 1.54) is 18.9 Å². The van der Waals surface area contributed by atoms with Crippen LogP contribution in [0.5, 0.6) is 5.75 Å². The van der Waals surface area contributed by atoms with E-state index >= 15 is 0 Å². The van der Waals surface area contributed by atoms with E-state index in [0.29, 0.717) is 17.5 Å². The lowest BCUT2D eigenvalue weighted by Gasteiger charge is -2.22. The molecule has 96 valence electrons. The first kappa shape index (κ1) is 11.8. The summed E-state index contributed by atoms with van der Waals surface area (Å²) in [5, 5.41) is 9.62. The summed E-state index contributed by atoms with van der Waals surface area (Å²) in [7, 11) is 0. The van der Waals surface area contributed by atoms with Crippen molar-refractivity contribution in [3.05, 3.63) is 28.8 Å². The van der Waals surface area contributed by atoms with Crippen LogP contribution >= 0.6 is 11.6 Å². The SMILES string of the molecule is O=C(c1ccc(O)c(Cl)c1)N(CC1CC1)C1CC1. The Balaban J connectivity index is 1.79. The molecule has 2 aliphatic rings. The molecule has 3 nitrogen and oxygen atoms in total. The second-order valence-electron chi connectivity index (χ2n) is 5.30. The Kier molecular flexibility index (Phi) is 2.94. The quantitative estimate of drug-likeness (QED) is 0.909. The van der Waals surface area contributed by atoms with Crippen molar-refractivity contribution < 1.29 is 9.90 Å². The molecule has 2 fully saturated rings. The van der Waals surface area contributed by atoms with Gasteiger partial charge < -0.3 is 10.0 Å². The number of phenolic OH excluding ortho intramolecular Hbond substituents is 1. The van der Waals surface area contributed by atoms with Gasteiger partial charge >= 0.3 is 0 Å². The number of carbonyl (C=O) groups excluding carboxylic acids is 1. The zero-order valence-electron chi connectivity index (χ0n) is 10.1. The highest BCUT2D eigenvalue weighted by Gasteiger charge is 2.36. The van der Waals surface area contributed by atoms with Crippen LogP contribution in [0.4, 0.5) is 0 Å². The maximum absolute atomic E-state index is 12.4. The van der Waals surface area contributed by atoms with Gasteiger partial charge in [0, 0.05) is 18.2 Å². The smallest absolute Gasteiger partial charge is 0.254 e. The van der Waals surface area contributed by atoms with Crippen molar-refractivity contribution in [1.82, 2.24) is 4.90 Å². The van der Waals surface area contributed by atoms with E-state index in [1.54, 1.807) is 12.1 Å². The lowest BCUT2D eigenvalue weighted by atomic mass is 10.1. The molecule has 4 heteroatoms. The third-order valence-electron chi connectivity index (χ3n) is 3.59. The molecule has 0 atom stereocenters. The van der Waals surface area contributed by atoms with Crippen molar-refractivity contribution in [3.63, 3.8) is 0 Å². The average Bonchev–Trinajstić information content (AvgIpc) is 3.22. The number of halogens is 1. The number of nitrogens with zero attached hydrogens (tertiary/aromatic N) is 1. The first-order valence-corrected chi connectivity index (χ1v) is 6.82. The molecule has 0 spiro atoms. The van der Waals surface area contributed by atoms with E-state index < -0.39 is 0 Å². The number of hydrogen-bond donors (Lipinski definition) is 1. The van der Waals surface area contributed by atoms with Crippen molar-refractivity contribution in [2.24, 2.45) is 5.92 Å². The van der Waals surface area contributed by atoms with E-state index in [4.69, 9.17) is 11.6 Å². The van der Waals surface area contributed by atoms with Crippen LogP contribution in [0.1, 0.15) is 36.0 Å². The number of carbonyl (C=O) groups is 1. The Labute approximate surface area is 111 Å². The van der Waals surface area contributed by atoms with Gasteiger partial charge in [-0.3, -0.25) is 4.79 Å². The molecule has 18 heavy (non-hydrogen) atoms. The van der Waals surface area contributed by atoms with Gasteiger partial charge in [0.2, 0.25) is 0 Å². The summed E-state index contributed by atoms with van der Waals surface area (Å²) in [6.45, 7) is 0.877. The first-order valence-electron chi connectivity index (χ1n) is 6.44. The monoisotopic (exact) mass is 265 g/mol. The molecule has 0 heterocycles. The molecular formula is C14H16ClNO2. The molecule has 1 aromatic rings. The van der Waals surface area contributed by atoms with Crippen LogP contribution in [0.2, 0.25) is 5.02 Å². The molecule has 2 saturated carbocycles. The molecule has 1 amide bonds. The number of phenols is 1. The van der Waals surface area contributed by atoms with Gasteiger partial charge in [-0.25, -0.2) is 0 Å². The van der Waals surface area contributed by atoms with Crippen LogP contribution in [0.15, 0.2) is 18.2 Å². The minimum Gasteiger partial charge on any atom is -0.506 e. The number of benzene rings is 1. The Hall–Kier alpha value is -1.22. The molecule has 0 unspecified atom stereocenters. The topological polar surface area (TPSA) is 40.5 Å². The van der Waals surface area contributed by atoms with E-state index in [9.17, 15) is 9.90 Å². The highest BCUT2D eigenvalue weighted by molar-refractivity contribution is 6.32.